The monoisotopic (exact) mass is 306 g/mol. The van der Waals surface area contributed by atoms with Gasteiger partial charge in [-0.1, -0.05) is 6.07 Å². The van der Waals surface area contributed by atoms with Crippen LogP contribution in [0.3, 0.4) is 0 Å². The van der Waals surface area contributed by atoms with Crippen molar-refractivity contribution in [2.75, 3.05) is 33.0 Å². The Morgan fingerprint density at radius 1 is 1.27 bits per heavy atom. The molecule has 0 saturated carbocycles. The maximum Gasteiger partial charge on any atom is 0.315 e. The van der Waals surface area contributed by atoms with Gasteiger partial charge in [0.25, 0.3) is 0 Å². The lowest BCUT2D eigenvalue weighted by atomic mass is 10.1. The number of carbonyl (C=O) groups excluding carboxylic acids is 1. The fourth-order valence-electron chi connectivity index (χ4n) is 2.64. The van der Waals surface area contributed by atoms with Crippen LogP contribution >= 0.6 is 0 Å². The predicted octanol–water partition coefficient (Wildman–Crippen LogP) is 1.85. The average Bonchev–Trinajstić information content (AvgIpc) is 3.06. The van der Waals surface area contributed by atoms with Gasteiger partial charge in [0.1, 0.15) is 13.2 Å². The van der Waals surface area contributed by atoms with E-state index in [1.165, 1.54) is 0 Å². The van der Waals surface area contributed by atoms with E-state index in [1.807, 2.05) is 25.1 Å². The molecule has 0 bridgehead atoms. The molecule has 2 aliphatic heterocycles. The lowest BCUT2D eigenvalue weighted by Gasteiger charge is -2.21. The fraction of sp³-hybridized carbons (Fsp3) is 0.562. The summed E-state index contributed by atoms with van der Waals surface area (Å²) < 4.78 is 16.4. The summed E-state index contributed by atoms with van der Waals surface area (Å²) in [5.74, 6) is 1.92. The number of hydrogen-bond acceptors (Lipinski definition) is 4. The smallest absolute Gasteiger partial charge is 0.315 e. The van der Waals surface area contributed by atoms with Crippen molar-refractivity contribution in [2.45, 2.75) is 19.4 Å². The molecular formula is C16H22N2O4. The predicted molar refractivity (Wildman–Crippen MR) is 81.3 cm³/mol. The van der Waals surface area contributed by atoms with Crippen LogP contribution in [0.1, 0.15) is 24.9 Å². The highest BCUT2D eigenvalue weighted by Gasteiger charge is 2.18. The highest BCUT2D eigenvalue weighted by Crippen LogP contribution is 2.32. The van der Waals surface area contributed by atoms with Crippen molar-refractivity contribution in [1.82, 2.24) is 10.6 Å². The Balaban J connectivity index is 1.52. The molecule has 2 atom stereocenters. The van der Waals surface area contributed by atoms with E-state index in [2.05, 4.69) is 10.6 Å². The second-order valence-corrected chi connectivity index (χ2v) is 5.71. The third-order valence-electron chi connectivity index (χ3n) is 3.99. The number of fused-ring (bicyclic) bond motifs is 1. The van der Waals surface area contributed by atoms with Crippen LogP contribution in [-0.2, 0) is 4.74 Å². The Hall–Kier alpha value is -1.95. The number of benzene rings is 1. The van der Waals surface area contributed by atoms with Gasteiger partial charge in [-0.15, -0.1) is 0 Å². The molecule has 120 valence electrons. The molecule has 2 N–H and O–H groups in total. The fourth-order valence-corrected chi connectivity index (χ4v) is 2.64. The number of amides is 2. The summed E-state index contributed by atoms with van der Waals surface area (Å²) >= 11 is 0. The molecule has 1 aromatic carbocycles. The van der Waals surface area contributed by atoms with Gasteiger partial charge in [-0.05, 0) is 31.0 Å². The summed E-state index contributed by atoms with van der Waals surface area (Å²) in [6.07, 6.45) is 1.01. The normalized spacial score (nSPS) is 21.2. The van der Waals surface area contributed by atoms with Gasteiger partial charge in [0.05, 0.1) is 12.6 Å². The minimum absolute atomic E-state index is 0.101. The second-order valence-electron chi connectivity index (χ2n) is 5.71. The molecule has 1 fully saturated rings. The Morgan fingerprint density at radius 3 is 2.86 bits per heavy atom. The van der Waals surface area contributed by atoms with Gasteiger partial charge >= 0.3 is 6.03 Å². The number of ether oxygens (including phenoxy) is 3. The lowest BCUT2D eigenvalue weighted by molar-refractivity contribution is 0.171. The van der Waals surface area contributed by atoms with Gasteiger partial charge in [0.15, 0.2) is 11.5 Å². The van der Waals surface area contributed by atoms with Crippen LogP contribution in [0.25, 0.3) is 0 Å². The first kappa shape index (κ1) is 15.0. The highest BCUT2D eigenvalue weighted by molar-refractivity contribution is 5.74. The zero-order valence-electron chi connectivity index (χ0n) is 12.8. The highest BCUT2D eigenvalue weighted by atomic mass is 16.6. The van der Waals surface area contributed by atoms with Crippen LogP contribution in [0, 0.1) is 5.92 Å². The van der Waals surface area contributed by atoms with Gasteiger partial charge in [0.2, 0.25) is 0 Å². The van der Waals surface area contributed by atoms with Gasteiger partial charge in [-0.25, -0.2) is 4.79 Å². The second kappa shape index (κ2) is 6.87. The molecule has 2 amide bonds. The van der Waals surface area contributed by atoms with Crippen LogP contribution in [-0.4, -0.2) is 39.0 Å². The zero-order valence-corrected chi connectivity index (χ0v) is 12.8. The summed E-state index contributed by atoms with van der Waals surface area (Å²) in [7, 11) is 0. The Kier molecular flexibility index (Phi) is 4.68. The van der Waals surface area contributed by atoms with E-state index < -0.39 is 0 Å². The molecule has 0 radical (unpaired) electrons. The number of carbonyl (C=O) groups is 1. The summed E-state index contributed by atoms with van der Waals surface area (Å²) in [6.45, 7) is 5.26. The van der Waals surface area contributed by atoms with Gasteiger partial charge < -0.3 is 24.8 Å². The van der Waals surface area contributed by atoms with Crippen LogP contribution in [0.4, 0.5) is 4.79 Å². The largest absolute Gasteiger partial charge is 0.486 e. The SMILES string of the molecule is C[C@@H](NC(=O)NC[C@@H]1CCOC1)c1ccc2c(c1)OCCO2. The molecule has 0 spiro atoms. The molecule has 1 aromatic rings. The molecule has 3 rings (SSSR count). The van der Waals surface area contributed by atoms with Gasteiger partial charge in [-0.3, -0.25) is 0 Å². The summed E-state index contributed by atoms with van der Waals surface area (Å²) in [4.78, 5) is 12.0. The molecule has 6 nitrogen and oxygen atoms in total. The number of nitrogens with one attached hydrogen (secondary N) is 2. The van der Waals surface area contributed by atoms with Crippen LogP contribution in [0.2, 0.25) is 0 Å². The van der Waals surface area contributed by atoms with Gasteiger partial charge in [-0.2, -0.15) is 0 Å². The van der Waals surface area contributed by atoms with E-state index in [-0.39, 0.29) is 12.1 Å². The van der Waals surface area contributed by atoms with Crippen molar-refractivity contribution >= 4 is 6.03 Å². The van der Waals surface area contributed by atoms with E-state index in [4.69, 9.17) is 14.2 Å². The maximum atomic E-state index is 12.0. The number of hydrogen-bond donors (Lipinski definition) is 2. The Morgan fingerprint density at radius 2 is 2.09 bits per heavy atom. The van der Waals surface area contributed by atoms with Crippen LogP contribution in [0.15, 0.2) is 18.2 Å². The van der Waals surface area contributed by atoms with E-state index in [0.29, 0.717) is 25.7 Å². The topological polar surface area (TPSA) is 68.8 Å². The first-order chi connectivity index (χ1) is 10.7. The van der Waals surface area contributed by atoms with Crippen molar-refractivity contribution in [3.8, 4) is 11.5 Å². The zero-order chi connectivity index (χ0) is 15.4. The average molecular weight is 306 g/mol. The summed E-state index contributed by atoms with van der Waals surface area (Å²) in [6, 6.07) is 5.49. The van der Waals surface area contributed by atoms with Crippen LogP contribution < -0.4 is 20.1 Å². The van der Waals surface area contributed by atoms with Crippen molar-refractivity contribution in [1.29, 1.82) is 0 Å². The van der Waals surface area contributed by atoms with E-state index in [1.54, 1.807) is 0 Å². The van der Waals surface area contributed by atoms with Crippen molar-refractivity contribution in [3.05, 3.63) is 23.8 Å². The van der Waals surface area contributed by atoms with E-state index in [9.17, 15) is 4.79 Å². The molecule has 0 aliphatic carbocycles. The standard InChI is InChI=1S/C16H22N2O4/c1-11(18-16(19)17-9-12-4-5-20-10-12)13-2-3-14-15(8-13)22-7-6-21-14/h2-3,8,11-12H,4-7,9-10H2,1H3,(H2,17,18,19)/t11-,12+/m1/s1. The quantitative estimate of drug-likeness (QED) is 0.891. The molecule has 0 aromatic heterocycles. The number of urea groups is 1. The van der Waals surface area contributed by atoms with Crippen molar-refractivity contribution in [3.63, 3.8) is 0 Å². The lowest BCUT2D eigenvalue weighted by Crippen LogP contribution is -2.39. The van der Waals surface area contributed by atoms with Gasteiger partial charge in [0, 0.05) is 19.1 Å². The molecule has 2 aliphatic rings. The molecular weight excluding hydrogens is 284 g/mol. The van der Waals surface area contributed by atoms with E-state index in [0.717, 1.165) is 36.7 Å². The van der Waals surface area contributed by atoms with E-state index >= 15 is 0 Å². The van der Waals surface area contributed by atoms with Crippen molar-refractivity contribution < 1.29 is 19.0 Å². The first-order valence-corrected chi connectivity index (χ1v) is 7.74. The molecule has 6 heteroatoms. The number of rotatable bonds is 4. The van der Waals surface area contributed by atoms with Crippen LogP contribution in [0.5, 0.6) is 11.5 Å². The minimum atomic E-state index is -0.158. The maximum absolute atomic E-state index is 12.0. The molecule has 2 heterocycles. The molecule has 1 saturated heterocycles. The summed E-state index contributed by atoms with van der Waals surface area (Å²) in [5, 5.41) is 5.84. The third kappa shape index (κ3) is 3.62. The first-order valence-electron chi connectivity index (χ1n) is 7.74. The summed E-state index contributed by atoms with van der Waals surface area (Å²) in [5.41, 5.74) is 0.989. The third-order valence-corrected chi connectivity index (χ3v) is 3.99. The Labute approximate surface area is 130 Å². The Bertz CT molecular complexity index is 529. The molecule has 0 unspecified atom stereocenters. The minimum Gasteiger partial charge on any atom is -0.486 e. The van der Waals surface area contributed by atoms with Crippen molar-refractivity contribution in [2.24, 2.45) is 5.92 Å². The molecule has 22 heavy (non-hydrogen) atoms.